The van der Waals surface area contributed by atoms with Crippen molar-refractivity contribution in [2.75, 3.05) is 67.4 Å². The van der Waals surface area contributed by atoms with E-state index >= 15 is 0 Å². The van der Waals surface area contributed by atoms with Crippen molar-refractivity contribution in [1.29, 1.82) is 21.0 Å². The Morgan fingerprint density at radius 3 is 1.05 bits per heavy atom. The summed E-state index contributed by atoms with van der Waals surface area (Å²) in [7, 11) is 7.84. The van der Waals surface area contributed by atoms with E-state index in [9.17, 15) is 21.0 Å². The Hall–Kier alpha value is -16.0. The van der Waals surface area contributed by atoms with Gasteiger partial charge in [-0.05, 0) is 126 Å². The van der Waals surface area contributed by atoms with Crippen LogP contribution in [0.1, 0.15) is 72.2 Å². The van der Waals surface area contributed by atoms with Crippen LogP contribution in [0.3, 0.4) is 0 Å². The zero-order valence-corrected chi connectivity index (χ0v) is 65.3. The number of benzene rings is 10. The first kappa shape index (κ1) is 72.9. The fraction of sp³-hybridized carbons (Fsp3) is 0.170. The van der Waals surface area contributed by atoms with Crippen molar-refractivity contribution in [3.8, 4) is 24.3 Å². The Morgan fingerprint density at radius 1 is 0.310 bits per heavy atom. The molecule has 22 nitrogen and oxygen atoms in total. The number of fused-ring (bicyclic) bond motifs is 16. The second-order valence-corrected chi connectivity index (χ2v) is 29.3. The summed E-state index contributed by atoms with van der Waals surface area (Å²) < 4.78 is 24.6. The molecule has 0 fully saturated rings. The molecule has 0 saturated carbocycles. The lowest BCUT2D eigenvalue weighted by Gasteiger charge is -2.29. The van der Waals surface area contributed by atoms with Crippen molar-refractivity contribution in [2.24, 2.45) is 0 Å². The highest BCUT2D eigenvalue weighted by atomic mass is 16.3. The predicted octanol–water partition coefficient (Wildman–Crippen LogP) is 23.8. The van der Waals surface area contributed by atoms with Crippen molar-refractivity contribution in [1.82, 2.24) is 9.97 Å². The first-order valence-electron chi connectivity index (χ1n) is 37.5. The van der Waals surface area contributed by atoms with Gasteiger partial charge in [-0.1, -0.05) is 109 Å². The molecule has 0 bridgehead atoms. The largest absolute Gasteiger partial charge is 0.456 e. The smallest absolute Gasteiger partial charge is 0.227 e. The Labute approximate surface area is 668 Å². The first-order chi connectivity index (χ1) is 56.2. The van der Waals surface area contributed by atoms with Gasteiger partial charge in [0.25, 0.3) is 0 Å². The van der Waals surface area contributed by atoms with Crippen LogP contribution in [0, 0.1) is 99.3 Å². The number of hydrogen-bond donors (Lipinski definition) is 0. The average Bonchev–Trinajstić information content (AvgIpc) is 1.59. The molecule has 10 aromatic carbocycles. The van der Waals surface area contributed by atoms with E-state index in [1.165, 1.54) is 0 Å². The molecule has 0 spiro atoms. The number of aromatic nitrogens is 2. The third-order valence-electron chi connectivity index (χ3n) is 23.2. The van der Waals surface area contributed by atoms with Crippen LogP contribution < -0.4 is 39.2 Å². The highest BCUT2D eigenvalue weighted by molar-refractivity contribution is 6.14. The van der Waals surface area contributed by atoms with Gasteiger partial charge in [0, 0.05) is 107 Å². The molecule has 22 heteroatoms. The molecular weight excluding hydrogens is 1450 g/mol. The molecule has 0 unspecified atom stereocenters. The number of para-hydroxylation sites is 2. The van der Waals surface area contributed by atoms with E-state index in [1.54, 1.807) is 60.9 Å². The number of aryl methyl sites for hydroxylation is 4. The van der Waals surface area contributed by atoms with E-state index < -0.39 is 0 Å². The molecule has 20 rings (SSSR count). The van der Waals surface area contributed by atoms with E-state index in [2.05, 4.69) is 186 Å². The topological polar surface area (TPSA) is 217 Å². The molecule has 116 heavy (non-hydrogen) atoms. The van der Waals surface area contributed by atoms with Crippen molar-refractivity contribution in [2.45, 2.75) is 80.1 Å². The third kappa shape index (κ3) is 11.0. The average molecular weight is 1520 g/mol. The summed E-state index contributed by atoms with van der Waals surface area (Å²) in [5, 5.41) is 46.8. The van der Waals surface area contributed by atoms with Gasteiger partial charge < -0.3 is 56.9 Å². The Bertz CT molecular complexity index is 6840. The van der Waals surface area contributed by atoms with Crippen LogP contribution in [0.25, 0.3) is 107 Å². The Balaban J connectivity index is 0.000000111. The van der Waals surface area contributed by atoms with E-state index in [4.69, 9.17) is 44.0 Å². The lowest BCUT2D eigenvalue weighted by molar-refractivity contribution is 0.648. The third-order valence-corrected chi connectivity index (χ3v) is 23.2. The van der Waals surface area contributed by atoms with Crippen molar-refractivity contribution in [3.05, 3.63) is 272 Å². The summed E-state index contributed by atoms with van der Waals surface area (Å²) in [6.07, 6.45) is 3.18. The normalized spacial score (nSPS) is 15.6. The van der Waals surface area contributed by atoms with Gasteiger partial charge in [0.05, 0.1) is 105 Å². The van der Waals surface area contributed by atoms with Gasteiger partial charge in [0.15, 0.2) is 11.2 Å². The molecule has 0 amide bonds. The fourth-order valence-electron chi connectivity index (χ4n) is 17.2. The summed E-state index contributed by atoms with van der Waals surface area (Å²) >= 11 is 0. The molecular formula is C94H70N18O4. The maximum Gasteiger partial charge on any atom is 0.227 e. The lowest BCUT2D eigenvalue weighted by Crippen LogP contribution is -2.36. The first-order valence-corrected chi connectivity index (χ1v) is 37.5. The van der Waals surface area contributed by atoms with Crippen LogP contribution in [0.5, 0.6) is 0 Å². The van der Waals surface area contributed by atoms with Gasteiger partial charge in [-0.15, -0.1) is 0 Å². The highest BCUT2D eigenvalue weighted by Crippen LogP contribution is 2.58. The Kier molecular flexibility index (Phi) is 17.6. The molecule has 4 aliphatic rings. The maximum absolute atomic E-state index is 9.66. The fourth-order valence-corrected chi connectivity index (χ4v) is 17.2. The summed E-state index contributed by atoms with van der Waals surface area (Å²) in [6, 6.07) is 63.4. The molecule has 0 aliphatic carbocycles. The van der Waals surface area contributed by atoms with Gasteiger partial charge >= 0.3 is 0 Å². The second-order valence-electron chi connectivity index (χ2n) is 29.3. The highest BCUT2D eigenvalue weighted by Gasteiger charge is 2.42. The summed E-state index contributed by atoms with van der Waals surface area (Å²) in [6.45, 7) is 47.2. The standard InChI is InChI=1S/2C24H18N4O.2C23H17N5O/c1-14-9-11-18-17-7-5-6-8-20(17)29-24(18)21(14)28-15(2)27(4)22-16(13-25)10-12-19(26-3)23(22)28;1-14-11-18-17-7-5-6-8-21(17)29-22(18)12-20(14)28-15(2)27(4)23-16(13-25)9-10-19(26-3)24(23)28;1-13-7-9-16-17-6-5-11-26-23(17)29-22(16)19(13)28-14(2)27(4)20-15(12-24)8-10-18(25-3)21(20)28;1-13-10-17-16-6-5-9-26-23(16)29-20(17)11-19(13)28-14(2)27(4)21-15(12-24)7-8-18(25-3)22(21)28/h2*5-12,15H,1-2,4H3;2*5-11,14H,1-2,4H3/t2*15-;2*14-/m0000/s1. The summed E-state index contributed by atoms with van der Waals surface area (Å²) in [5.41, 5.74) is 24.7. The van der Waals surface area contributed by atoms with E-state index in [0.717, 1.165) is 167 Å². The maximum atomic E-state index is 9.66. The molecule has 560 valence electrons. The minimum atomic E-state index is -0.0922. The monoisotopic (exact) mass is 1510 g/mol. The predicted molar refractivity (Wildman–Crippen MR) is 459 cm³/mol. The number of nitriles is 4. The van der Waals surface area contributed by atoms with E-state index in [-0.39, 0.29) is 24.7 Å². The van der Waals surface area contributed by atoms with Crippen LogP contribution in [0.4, 0.5) is 91.0 Å². The van der Waals surface area contributed by atoms with Crippen molar-refractivity contribution >= 4 is 179 Å². The van der Waals surface area contributed by atoms with Crippen molar-refractivity contribution in [3.63, 3.8) is 0 Å². The van der Waals surface area contributed by atoms with Crippen LogP contribution >= 0.6 is 0 Å². The molecule has 0 saturated heterocycles. The number of pyridine rings is 2. The number of hydrogen-bond acceptors (Lipinski definition) is 18. The molecule has 0 N–H and O–H groups in total. The number of rotatable bonds is 4. The summed E-state index contributed by atoms with van der Waals surface area (Å²) in [5.74, 6) is 0. The number of anilines is 12. The SMILES string of the molecule is [C-]#[N+]c1ccc(C#N)c2c1N(c1c(C)ccc3c1oc1ccccc13)[C@@H](C)N2C.[C-]#[N+]c1ccc(C#N)c2c1N(c1c(C)ccc3c1oc1ncccc13)[C@@H](C)N2C.[C-]#[N+]c1ccc(C#N)c2c1N(c1cc3oc4ccccc4c3cc1C)[C@@H](C)N2C.[C-]#[N+]c1ccc(C#N)c2c1N(c1cc3oc4ncccc4c3cc1C)[C@@H](C)N2C. The molecule has 4 aliphatic heterocycles. The van der Waals surface area contributed by atoms with Crippen molar-refractivity contribution < 1.29 is 17.7 Å². The number of furan rings is 4. The minimum Gasteiger partial charge on any atom is -0.456 e. The van der Waals surface area contributed by atoms with Gasteiger partial charge in [-0.2, -0.15) is 21.0 Å². The molecule has 0 radical (unpaired) electrons. The summed E-state index contributed by atoms with van der Waals surface area (Å²) in [4.78, 5) is 40.4. The quantitative estimate of drug-likeness (QED) is 0.150. The minimum absolute atomic E-state index is 0.0412. The number of nitrogens with zero attached hydrogens (tertiary/aromatic N) is 18. The Morgan fingerprint density at radius 2 is 0.638 bits per heavy atom. The lowest BCUT2D eigenvalue weighted by atomic mass is 10.1. The van der Waals surface area contributed by atoms with E-state index in [1.807, 2.05) is 112 Å². The molecule has 16 aromatic rings. The van der Waals surface area contributed by atoms with Crippen LogP contribution in [-0.2, 0) is 0 Å². The molecule has 6 aromatic heterocycles. The zero-order chi connectivity index (χ0) is 81.1. The van der Waals surface area contributed by atoms with Gasteiger partial charge in [-0.25, -0.2) is 29.3 Å². The zero-order valence-electron chi connectivity index (χ0n) is 65.3. The van der Waals surface area contributed by atoms with Gasteiger partial charge in [-0.3, -0.25) is 0 Å². The van der Waals surface area contributed by atoms with Crippen LogP contribution in [-0.4, -0.2) is 62.8 Å². The molecule has 10 heterocycles. The van der Waals surface area contributed by atoms with Gasteiger partial charge in [0.1, 0.15) is 71.3 Å². The van der Waals surface area contributed by atoms with Crippen LogP contribution in [0.2, 0.25) is 0 Å². The van der Waals surface area contributed by atoms with Gasteiger partial charge in [0.2, 0.25) is 34.2 Å². The van der Waals surface area contributed by atoms with Crippen LogP contribution in [0.15, 0.2) is 200 Å². The van der Waals surface area contributed by atoms with E-state index in [0.29, 0.717) is 56.4 Å². The molecule has 4 atom stereocenters. The second kappa shape index (κ2) is 28.1.